The fourth-order valence-corrected chi connectivity index (χ4v) is 4.98. The Kier molecular flexibility index (Phi) is 3.76. The molecule has 3 aromatic carbocycles. The van der Waals surface area contributed by atoms with Gasteiger partial charge < -0.3 is 9.52 Å². The lowest BCUT2D eigenvalue weighted by Crippen LogP contribution is -2.34. The monoisotopic (exact) mass is 412 g/mol. The van der Waals surface area contributed by atoms with E-state index in [0.717, 1.165) is 27.3 Å². The molecule has 1 unspecified atom stereocenters. The average molecular weight is 412 g/mol. The summed E-state index contributed by atoms with van der Waals surface area (Å²) in [6.45, 7) is 0. The molecule has 1 aromatic heterocycles. The Labute approximate surface area is 176 Å². The van der Waals surface area contributed by atoms with Crippen molar-refractivity contribution in [1.82, 2.24) is 4.90 Å². The number of phenolic OH excluding ortho intramolecular Hbond substituents is 1. The van der Waals surface area contributed by atoms with Gasteiger partial charge >= 0.3 is 0 Å². The minimum Gasteiger partial charge on any atom is -0.508 e. The lowest BCUT2D eigenvalue weighted by Gasteiger charge is -2.29. The van der Waals surface area contributed by atoms with Gasteiger partial charge in [0.2, 0.25) is 5.91 Å². The molecule has 1 fully saturated rings. The number of aromatic hydroxyl groups is 1. The van der Waals surface area contributed by atoms with Crippen molar-refractivity contribution in [3.63, 3.8) is 0 Å². The number of furan rings is 1. The summed E-state index contributed by atoms with van der Waals surface area (Å²) in [6.07, 6.45) is 1.96. The van der Waals surface area contributed by atoms with Gasteiger partial charge in [-0.15, -0.1) is 0 Å². The first-order chi connectivity index (χ1) is 14.7. The molecule has 5 nitrogen and oxygen atoms in total. The van der Waals surface area contributed by atoms with E-state index < -0.39 is 0 Å². The second-order valence-electron chi connectivity index (χ2n) is 7.34. The first-order valence-corrected chi connectivity index (χ1v) is 10.6. The van der Waals surface area contributed by atoms with Gasteiger partial charge in [-0.2, -0.15) is 0 Å². The van der Waals surface area contributed by atoms with Crippen molar-refractivity contribution in [2.45, 2.75) is 6.04 Å². The Bertz CT molecular complexity index is 1380. The van der Waals surface area contributed by atoms with Crippen LogP contribution in [0.3, 0.4) is 0 Å². The van der Waals surface area contributed by atoms with Gasteiger partial charge in [0.25, 0.3) is 0 Å². The van der Waals surface area contributed by atoms with Gasteiger partial charge in [-0.1, -0.05) is 54.2 Å². The topological polar surface area (TPSA) is 66.0 Å². The molecule has 0 bridgehead atoms. The summed E-state index contributed by atoms with van der Waals surface area (Å²) in [5.74, 6) is 1.28. The molecular weight excluding hydrogens is 396 g/mol. The molecule has 1 atom stereocenters. The number of carbonyl (C=O) groups is 1. The van der Waals surface area contributed by atoms with Crippen molar-refractivity contribution in [3.8, 4) is 5.75 Å². The lowest BCUT2D eigenvalue weighted by molar-refractivity contribution is -0.125. The number of amidine groups is 1. The van der Waals surface area contributed by atoms with E-state index in [9.17, 15) is 9.90 Å². The molecule has 2 aliphatic heterocycles. The zero-order valence-electron chi connectivity index (χ0n) is 15.8. The summed E-state index contributed by atoms with van der Waals surface area (Å²) >= 11 is 1.44. The van der Waals surface area contributed by atoms with Crippen LogP contribution in [0.4, 0.5) is 0 Å². The average Bonchev–Trinajstić information content (AvgIpc) is 3.38. The molecular formula is C24H16N2O3S. The molecule has 1 amide bonds. The zero-order chi connectivity index (χ0) is 20.2. The maximum atomic E-state index is 12.5. The van der Waals surface area contributed by atoms with Crippen LogP contribution in [-0.4, -0.2) is 26.8 Å². The number of aliphatic imine (C=N–C) groups is 1. The zero-order valence-corrected chi connectivity index (χ0v) is 16.6. The Morgan fingerprint density at radius 1 is 1.03 bits per heavy atom. The van der Waals surface area contributed by atoms with Crippen LogP contribution in [0.15, 0.2) is 82.2 Å². The van der Waals surface area contributed by atoms with Gasteiger partial charge in [0.05, 0.1) is 11.8 Å². The van der Waals surface area contributed by atoms with Crippen molar-refractivity contribution in [2.75, 3.05) is 5.75 Å². The van der Waals surface area contributed by atoms with Crippen LogP contribution in [0.1, 0.15) is 17.4 Å². The Balaban J connectivity index is 1.51. The Morgan fingerprint density at radius 2 is 1.87 bits per heavy atom. The minimum atomic E-state index is -0.291. The molecule has 146 valence electrons. The quantitative estimate of drug-likeness (QED) is 0.484. The highest BCUT2D eigenvalue weighted by Gasteiger charge is 2.37. The fourth-order valence-electron chi connectivity index (χ4n) is 4.07. The highest BCUT2D eigenvalue weighted by molar-refractivity contribution is 8.15. The predicted molar refractivity (Wildman–Crippen MR) is 119 cm³/mol. The second-order valence-corrected chi connectivity index (χ2v) is 8.29. The third kappa shape index (κ3) is 2.64. The summed E-state index contributed by atoms with van der Waals surface area (Å²) in [4.78, 5) is 19.0. The van der Waals surface area contributed by atoms with E-state index in [-0.39, 0.29) is 17.7 Å². The number of rotatable bonds is 2. The second kappa shape index (κ2) is 6.50. The van der Waals surface area contributed by atoms with E-state index in [1.807, 2.05) is 42.5 Å². The first-order valence-electron chi connectivity index (χ1n) is 9.63. The standard InChI is InChI=1S/C24H16N2O3S/c27-16-8-5-15(6-9-16)20-12-19(25-24-26(20)23(28)13-30-24)22-11-18-17-4-2-1-3-14(17)7-10-21(18)29-22/h1-12,20,27H,13H2. The highest BCUT2D eigenvalue weighted by Crippen LogP contribution is 2.40. The maximum absolute atomic E-state index is 12.5. The van der Waals surface area contributed by atoms with Crippen LogP contribution >= 0.6 is 11.8 Å². The SMILES string of the molecule is O=C1CSC2=NC(c3cc4c(ccc5ccccc54)o3)=CC(c3ccc(O)cc3)N12. The van der Waals surface area contributed by atoms with Crippen molar-refractivity contribution in [1.29, 1.82) is 0 Å². The first kappa shape index (κ1) is 17.4. The number of fused-ring (bicyclic) bond motifs is 4. The number of nitrogens with zero attached hydrogens (tertiary/aromatic N) is 2. The van der Waals surface area contributed by atoms with E-state index >= 15 is 0 Å². The number of hydrogen-bond acceptors (Lipinski definition) is 5. The number of phenols is 1. The molecule has 0 spiro atoms. The van der Waals surface area contributed by atoms with Crippen LogP contribution in [0.5, 0.6) is 5.75 Å². The van der Waals surface area contributed by atoms with Gasteiger partial charge in [0.15, 0.2) is 10.9 Å². The van der Waals surface area contributed by atoms with E-state index in [0.29, 0.717) is 22.4 Å². The van der Waals surface area contributed by atoms with E-state index in [4.69, 9.17) is 9.41 Å². The third-order valence-corrected chi connectivity index (χ3v) is 6.46. The van der Waals surface area contributed by atoms with Crippen LogP contribution < -0.4 is 0 Å². The number of thioether (sulfide) groups is 1. The minimum absolute atomic E-state index is 0.0303. The largest absolute Gasteiger partial charge is 0.508 e. The number of amides is 1. The molecule has 0 radical (unpaired) electrons. The summed E-state index contributed by atoms with van der Waals surface area (Å²) in [5.41, 5.74) is 2.43. The van der Waals surface area contributed by atoms with Gasteiger partial charge in [0.1, 0.15) is 17.0 Å². The summed E-state index contributed by atoms with van der Waals surface area (Å²) in [5, 5.41) is 13.7. The summed E-state index contributed by atoms with van der Waals surface area (Å²) in [6, 6.07) is 20.9. The fraction of sp³-hybridized carbons (Fsp3) is 0.0833. The van der Waals surface area contributed by atoms with E-state index in [2.05, 4.69) is 18.2 Å². The Hall–Kier alpha value is -3.51. The molecule has 30 heavy (non-hydrogen) atoms. The molecule has 2 aliphatic rings. The number of benzene rings is 3. The van der Waals surface area contributed by atoms with Crippen LogP contribution in [0.2, 0.25) is 0 Å². The third-order valence-electron chi connectivity index (χ3n) is 5.52. The molecule has 3 heterocycles. The molecule has 1 N–H and O–H groups in total. The van der Waals surface area contributed by atoms with Gasteiger partial charge in [-0.25, -0.2) is 4.99 Å². The van der Waals surface area contributed by atoms with Crippen molar-refractivity contribution in [2.24, 2.45) is 4.99 Å². The van der Waals surface area contributed by atoms with Crippen molar-refractivity contribution >= 4 is 50.3 Å². The summed E-state index contributed by atoms with van der Waals surface area (Å²) < 4.78 is 6.17. The Morgan fingerprint density at radius 3 is 2.73 bits per heavy atom. The highest BCUT2D eigenvalue weighted by atomic mass is 32.2. The van der Waals surface area contributed by atoms with E-state index in [1.165, 1.54) is 11.8 Å². The van der Waals surface area contributed by atoms with Gasteiger partial charge in [0, 0.05) is 5.39 Å². The predicted octanol–water partition coefficient (Wildman–Crippen LogP) is 5.32. The number of carbonyl (C=O) groups excluding carboxylic acids is 1. The molecule has 0 aliphatic carbocycles. The van der Waals surface area contributed by atoms with Gasteiger partial charge in [-0.05, 0) is 46.7 Å². The normalized spacial score (nSPS) is 18.6. The smallest absolute Gasteiger partial charge is 0.239 e. The van der Waals surface area contributed by atoms with Gasteiger partial charge in [-0.3, -0.25) is 9.69 Å². The lowest BCUT2D eigenvalue weighted by atomic mass is 10.0. The van der Waals surface area contributed by atoms with Crippen LogP contribution in [0, 0.1) is 0 Å². The van der Waals surface area contributed by atoms with Crippen molar-refractivity contribution < 1.29 is 14.3 Å². The molecule has 1 saturated heterocycles. The van der Waals surface area contributed by atoms with E-state index in [1.54, 1.807) is 17.0 Å². The van der Waals surface area contributed by atoms with Crippen LogP contribution in [0.25, 0.3) is 27.4 Å². The molecule has 6 heteroatoms. The molecule has 0 saturated carbocycles. The summed E-state index contributed by atoms with van der Waals surface area (Å²) in [7, 11) is 0. The van der Waals surface area contributed by atoms with Crippen LogP contribution in [-0.2, 0) is 4.79 Å². The number of hydrogen-bond donors (Lipinski definition) is 1. The molecule has 6 rings (SSSR count). The van der Waals surface area contributed by atoms with Crippen molar-refractivity contribution in [3.05, 3.63) is 84.1 Å². The molecule has 4 aromatic rings. The maximum Gasteiger partial charge on any atom is 0.239 e.